The Morgan fingerprint density at radius 2 is 1.83 bits per heavy atom. The number of nitrogens with zero attached hydrogens (tertiary/aromatic N) is 1. The Morgan fingerprint density at radius 1 is 1.06 bits per heavy atom. The third kappa shape index (κ3) is 2.13. The Morgan fingerprint density at radius 3 is 2.61 bits per heavy atom. The van der Waals surface area contributed by atoms with Gasteiger partial charge in [-0.1, -0.05) is 12.1 Å². The smallest absolute Gasteiger partial charge is 0.233 e. The topological polar surface area (TPSA) is 61.3 Å². The van der Waals surface area contributed by atoms with Gasteiger partial charge in [0.15, 0.2) is 12.2 Å². The fourth-order valence-electron chi connectivity index (χ4n) is 1.69. The van der Waals surface area contributed by atoms with E-state index in [2.05, 4.69) is 4.98 Å². The van der Waals surface area contributed by atoms with Crippen molar-refractivity contribution < 1.29 is 9.15 Å². The Bertz CT molecular complexity index is 626. The van der Waals surface area contributed by atoms with Gasteiger partial charge in [-0.2, -0.15) is 0 Å². The summed E-state index contributed by atoms with van der Waals surface area (Å²) in [5.41, 5.74) is 7.92. The standard InChI is InChI=1S/C14H12N2O2/c15-10-5-7-11(8-6-10)17-9-14-16-12-3-1-2-4-13(12)18-14/h1-8H,9,15H2. The molecule has 0 unspecified atom stereocenters. The number of nitrogen functional groups attached to an aromatic ring is 1. The maximum atomic E-state index is 5.60. The molecule has 0 saturated carbocycles. The minimum Gasteiger partial charge on any atom is -0.484 e. The summed E-state index contributed by atoms with van der Waals surface area (Å²) in [5, 5.41) is 0. The lowest BCUT2D eigenvalue weighted by Gasteiger charge is -2.02. The molecule has 3 rings (SSSR count). The molecule has 90 valence electrons. The highest BCUT2D eigenvalue weighted by Gasteiger charge is 2.05. The third-order valence-corrected chi connectivity index (χ3v) is 2.58. The Labute approximate surface area is 104 Å². The van der Waals surface area contributed by atoms with E-state index in [9.17, 15) is 0 Å². The molecule has 18 heavy (non-hydrogen) atoms. The normalized spacial score (nSPS) is 10.7. The summed E-state index contributed by atoms with van der Waals surface area (Å²) in [6, 6.07) is 14.9. The maximum absolute atomic E-state index is 5.60. The van der Waals surface area contributed by atoms with Crippen LogP contribution in [-0.2, 0) is 6.61 Å². The molecule has 0 aliphatic rings. The van der Waals surface area contributed by atoms with Crippen molar-refractivity contribution in [3.63, 3.8) is 0 Å². The van der Waals surface area contributed by atoms with Gasteiger partial charge in [-0.05, 0) is 36.4 Å². The lowest BCUT2D eigenvalue weighted by atomic mass is 10.3. The van der Waals surface area contributed by atoms with Crippen molar-refractivity contribution in [1.29, 1.82) is 0 Å². The van der Waals surface area contributed by atoms with Gasteiger partial charge >= 0.3 is 0 Å². The molecule has 0 atom stereocenters. The molecule has 1 aromatic heterocycles. The molecule has 3 aromatic rings. The van der Waals surface area contributed by atoms with Crippen LogP contribution in [-0.4, -0.2) is 4.98 Å². The molecule has 0 aliphatic heterocycles. The van der Waals surface area contributed by atoms with Gasteiger partial charge in [0, 0.05) is 5.69 Å². The Kier molecular flexibility index (Phi) is 2.61. The second-order valence-electron chi connectivity index (χ2n) is 3.93. The second kappa shape index (κ2) is 4.41. The van der Waals surface area contributed by atoms with Gasteiger partial charge in [-0.3, -0.25) is 0 Å². The molecule has 4 nitrogen and oxygen atoms in total. The highest BCUT2D eigenvalue weighted by molar-refractivity contribution is 5.72. The van der Waals surface area contributed by atoms with Gasteiger partial charge < -0.3 is 14.9 Å². The van der Waals surface area contributed by atoms with E-state index in [1.54, 1.807) is 12.1 Å². The molecule has 0 amide bonds. The first-order valence-electron chi connectivity index (χ1n) is 5.64. The zero-order valence-corrected chi connectivity index (χ0v) is 9.67. The van der Waals surface area contributed by atoms with E-state index in [1.807, 2.05) is 36.4 Å². The molecule has 0 saturated heterocycles. The highest BCUT2D eigenvalue weighted by atomic mass is 16.5. The summed E-state index contributed by atoms with van der Waals surface area (Å²) in [6.07, 6.45) is 0. The van der Waals surface area contributed by atoms with Crippen LogP contribution in [0.25, 0.3) is 11.1 Å². The third-order valence-electron chi connectivity index (χ3n) is 2.58. The number of oxazole rings is 1. The van der Waals surface area contributed by atoms with Crippen LogP contribution in [0.15, 0.2) is 52.9 Å². The summed E-state index contributed by atoms with van der Waals surface area (Å²) in [7, 11) is 0. The van der Waals surface area contributed by atoms with Crippen LogP contribution in [0.2, 0.25) is 0 Å². The Hall–Kier alpha value is -2.49. The van der Waals surface area contributed by atoms with Crippen molar-refractivity contribution in [2.24, 2.45) is 0 Å². The van der Waals surface area contributed by atoms with Crippen molar-refractivity contribution in [3.05, 3.63) is 54.4 Å². The molecule has 2 aromatic carbocycles. The number of fused-ring (bicyclic) bond motifs is 1. The predicted molar refractivity (Wildman–Crippen MR) is 69.2 cm³/mol. The maximum Gasteiger partial charge on any atom is 0.233 e. The SMILES string of the molecule is Nc1ccc(OCc2nc3ccccc3o2)cc1. The fraction of sp³-hybridized carbons (Fsp3) is 0.0714. The van der Waals surface area contributed by atoms with E-state index in [1.165, 1.54) is 0 Å². The predicted octanol–water partition coefficient (Wildman–Crippen LogP) is 2.99. The number of aromatic nitrogens is 1. The van der Waals surface area contributed by atoms with E-state index in [0.29, 0.717) is 18.2 Å². The number of nitrogens with two attached hydrogens (primary N) is 1. The minimum absolute atomic E-state index is 0.304. The van der Waals surface area contributed by atoms with E-state index in [0.717, 1.165) is 16.8 Å². The molecule has 0 spiro atoms. The van der Waals surface area contributed by atoms with Gasteiger partial charge in [-0.25, -0.2) is 4.98 Å². The molecule has 4 heteroatoms. The number of rotatable bonds is 3. The molecular formula is C14H12N2O2. The molecular weight excluding hydrogens is 228 g/mol. The van der Waals surface area contributed by atoms with Gasteiger partial charge in [0.2, 0.25) is 5.89 Å². The first kappa shape index (κ1) is 10.7. The van der Waals surface area contributed by atoms with E-state index < -0.39 is 0 Å². The number of para-hydroxylation sites is 2. The average Bonchev–Trinajstić information content (AvgIpc) is 2.81. The van der Waals surface area contributed by atoms with E-state index >= 15 is 0 Å². The lowest BCUT2D eigenvalue weighted by molar-refractivity contribution is 0.267. The van der Waals surface area contributed by atoms with Crippen molar-refractivity contribution in [1.82, 2.24) is 4.98 Å². The molecule has 0 aliphatic carbocycles. The number of anilines is 1. The largest absolute Gasteiger partial charge is 0.484 e. The summed E-state index contributed by atoms with van der Waals surface area (Å²) >= 11 is 0. The van der Waals surface area contributed by atoms with Crippen molar-refractivity contribution in [2.45, 2.75) is 6.61 Å². The lowest BCUT2D eigenvalue weighted by Crippen LogP contribution is -1.95. The van der Waals surface area contributed by atoms with Crippen LogP contribution in [0.3, 0.4) is 0 Å². The molecule has 1 heterocycles. The van der Waals surface area contributed by atoms with Crippen LogP contribution in [0.1, 0.15) is 5.89 Å². The van der Waals surface area contributed by atoms with Crippen molar-refractivity contribution in [2.75, 3.05) is 5.73 Å². The van der Waals surface area contributed by atoms with E-state index in [4.69, 9.17) is 14.9 Å². The van der Waals surface area contributed by atoms with Crippen LogP contribution >= 0.6 is 0 Å². The van der Waals surface area contributed by atoms with E-state index in [-0.39, 0.29) is 0 Å². The zero-order chi connectivity index (χ0) is 12.4. The number of ether oxygens (including phenoxy) is 1. The molecule has 0 bridgehead atoms. The second-order valence-corrected chi connectivity index (χ2v) is 3.93. The van der Waals surface area contributed by atoms with Crippen LogP contribution in [0, 0.1) is 0 Å². The Balaban J connectivity index is 1.74. The summed E-state index contributed by atoms with van der Waals surface area (Å²) in [5.74, 6) is 1.31. The van der Waals surface area contributed by atoms with Crippen LogP contribution < -0.4 is 10.5 Å². The monoisotopic (exact) mass is 240 g/mol. The minimum atomic E-state index is 0.304. The number of benzene rings is 2. The summed E-state index contributed by atoms with van der Waals surface area (Å²) in [6.45, 7) is 0.304. The van der Waals surface area contributed by atoms with Gasteiger partial charge in [0.1, 0.15) is 11.3 Å². The van der Waals surface area contributed by atoms with Crippen LogP contribution in [0.4, 0.5) is 5.69 Å². The summed E-state index contributed by atoms with van der Waals surface area (Å²) < 4.78 is 11.1. The van der Waals surface area contributed by atoms with Gasteiger partial charge in [-0.15, -0.1) is 0 Å². The van der Waals surface area contributed by atoms with Crippen molar-refractivity contribution in [3.8, 4) is 5.75 Å². The average molecular weight is 240 g/mol. The number of hydrogen-bond acceptors (Lipinski definition) is 4. The molecule has 0 fully saturated rings. The molecule has 2 N–H and O–H groups in total. The van der Waals surface area contributed by atoms with Gasteiger partial charge in [0.05, 0.1) is 0 Å². The van der Waals surface area contributed by atoms with Crippen LogP contribution in [0.5, 0.6) is 5.75 Å². The number of hydrogen-bond donors (Lipinski definition) is 1. The highest BCUT2D eigenvalue weighted by Crippen LogP contribution is 2.18. The first-order valence-corrected chi connectivity index (χ1v) is 5.64. The van der Waals surface area contributed by atoms with Gasteiger partial charge in [0.25, 0.3) is 0 Å². The quantitative estimate of drug-likeness (QED) is 0.715. The summed E-state index contributed by atoms with van der Waals surface area (Å²) in [4.78, 5) is 4.33. The fourth-order valence-corrected chi connectivity index (χ4v) is 1.69. The van der Waals surface area contributed by atoms with Crippen molar-refractivity contribution >= 4 is 16.8 Å². The molecule has 0 radical (unpaired) electrons. The zero-order valence-electron chi connectivity index (χ0n) is 9.67. The first-order chi connectivity index (χ1) is 8.81.